The molecule has 2 aliphatic heterocycles. The number of para-hydroxylation sites is 2. The minimum absolute atomic E-state index is 0.0326. The van der Waals surface area contributed by atoms with Crippen LogP contribution in [0.15, 0.2) is 72.8 Å². The van der Waals surface area contributed by atoms with Crippen molar-refractivity contribution < 1.29 is 14.3 Å². The van der Waals surface area contributed by atoms with E-state index in [1.165, 1.54) is 0 Å². The molecule has 0 saturated carbocycles. The average molecular weight is 528 g/mol. The zero-order chi connectivity index (χ0) is 27.0. The first-order chi connectivity index (χ1) is 19.1. The number of nitrogens with zero attached hydrogens (tertiary/aromatic N) is 3. The van der Waals surface area contributed by atoms with Gasteiger partial charge >= 0.3 is 6.03 Å². The van der Waals surface area contributed by atoms with Crippen molar-refractivity contribution in [2.24, 2.45) is 0 Å². The molecule has 2 heterocycles. The Morgan fingerprint density at radius 3 is 2.15 bits per heavy atom. The molecule has 0 aromatic heterocycles. The van der Waals surface area contributed by atoms with Crippen molar-refractivity contribution in [1.82, 2.24) is 10.2 Å². The smallest absolute Gasteiger partial charge is 0.319 e. The van der Waals surface area contributed by atoms with Crippen LogP contribution in [-0.2, 0) is 6.54 Å². The Morgan fingerprint density at radius 2 is 1.44 bits per heavy atom. The average Bonchev–Trinajstić information content (AvgIpc) is 3.00. The number of piperazine rings is 1. The topological polar surface area (TPSA) is 77.1 Å². The zero-order valence-corrected chi connectivity index (χ0v) is 22.6. The van der Waals surface area contributed by atoms with Gasteiger partial charge in [-0.2, -0.15) is 0 Å². The highest BCUT2D eigenvalue weighted by atomic mass is 16.5. The minimum Gasteiger partial charge on any atom is -0.495 e. The largest absolute Gasteiger partial charge is 0.495 e. The normalized spacial score (nSPS) is 15.6. The number of hydrogen-bond donors (Lipinski definition) is 2. The fourth-order valence-electron chi connectivity index (χ4n) is 5.36. The lowest BCUT2D eigenvalue weighted by Crippen LogP contribution is -2.47. The van der Waals surface area contributed by atoms with Gasteiger partial charge in [0.15, 0.2) is 0 Å². The van der Waals surface area contributed by atoms with Crippen LogP contribution < -0.4 is 25.2 Å². The van der Waals surface area contributed by atoms with Crippen LogP contribution >= 0.6 is 0 Å². The number of anilines is 3. The van der Waals surface area contributed by atoms with E-state index in [9.17, 15) is 9.59 Å². The molecule has 8 nitrogen and oxygen atoms in total. The molecule has 0 bridgehead atoms. The molecule has 39 heavy (non-hydrogen) atoms. The van der Waals surface area contributed by atoms with Gasteiger partial charge in [0.1, 0.15) is 5.75 Å². The van der Waals surface area contributed by atoms with Gasteiger partial charge in [-0.05, 0) is 55.2 Å². The Morgan fingerprint density at radius 1 is 0.769 bits per heavy atom. The fraction of sp³-hybridized carbons (Fsp3) is 0.355. The van der Waals surface area contributed by atoms with E-state index in [2.05, 4.69) is 26.5 Å². The Hall–Kier alpha value is -4.20. The molecule has 2 saturated heterocycles. The van der Waals surface area contributed by atoms with E-state index in [1.54, 1.807) is 7.11 Å². The lowest BCUT2D eigenvalue weighted by atomic mass is 10.1. The summed E-state index contributed by atoms with van der Waals surface area (Å²) in [6.45, 7) is 5.18. The molecular formula is C31H37N5O3. The summed E-state index contributed by atoms with van der Waals surface area (Å²) in [5.74, 6) is 0.901. The number of amides is 3. The number of carbonyl (C=O) groups is 2. The van der Waals surface area contributed by atoms with E-state index in [-0.39, 0.29) is 11.9 Å². The highest BCUT2D eigenvalue weighted by molar-refractivity contribution is 6.02. The highest BCUT2D eigenvalue weighted by Gasteiger charge is 2.26. The van der Waals surface area contributed by atoms with Crippen LogP contribution in [0.25, 0.3) is 0 Å². The quantitative estimate of drug-likeness (QED) is 0.454. The maximum absolute atomic E-state index is 13.7. The molecule has 2 N–H and O–H groups in total. The van der Waals surface area contributed by atoms with Crippen molar-refractivity contribution in [2.45, 2.75) is 25.8 Å². The van der Waals surface area contributed by atoms with Crippen LogP contribution in [0.5, 0.6) is 5.75 Å². The molecule has 0 spiro atoms. The molecule has 0 unspecified atom stereocenters. The first-order valence-corrected chi connectivity index (χ1v) is 13.8. The van der Waals surface area contributed by atoms with Crippen molar-refractivity contribution in [1.29, 1.82) is 0 Å². The Labute approximate surface area is 230 Å². The molecule has 3 aromatic rings. The Kier molecular flexibility index (Phi) is 8.51. The third-order valence-electron chi connectivity index (χ3n) is 7.47. The number of benzene rings is 3. The van der Waals surface area contributed by atoms with Gasteiger partial charge in [-0.1, -0.05) is 42.5 Å². The second-order valence-electron chi connectivity index (χ2n) is 10.0. The van der Waals surface area contributed by atoms with Crippen molar-refractivity contribution in [3.8, 4) is 5.75 Å². The molecule has 0 atom stereocenters. The van der Waals surface area contributed by atoms with Gasteiger partial charge in [-0.15, -0.1) is 0 Å². The van der Waals surface area contributed by atoms with Crippen LogP contribution in [0.3, 0.4) is 0 Å². The monoisotopic (exact) mass is 527 g/mol. The molecule has 8 heteroatoms. The second-order valence-corrected chi connectivity index (χ2v) is 10.0. The summed E-state index contributed by atoms with van der Waals surface area (Å²) in [6, 6.07) is 23.3. The fourth-order valence-corrected chi connectivity index (χ4v) is 5.36. The number of urea groups is 1. The summed E-state index contributed by atoms with van der Waals surface area (Å²) >= 11 is 0. The van der Waals surface area contributed by atoms with Crippen LogP contribution in [0, 0.1) is 0 Å². The summed E-state index contributed by atoms with van der Waals surface area (Å²) < 4.78 is 5.57. The second kappa shape index (κ2) is 12.6. The van der Waals surface area contributed by atoms with E-state index in [4.69, 9.17) is 4.74 Å². The lowest BCUT2D eigenvalue weighted by molar-refractivity contribution is 0.0725. The first-order valence-electron chi connectivity index (χ1n) is 13.8. The lowest BCUT2D eigenvalue weighted by Gasteiger charge is -2.39. The molecule has 204 valence electrons. The molecule has 3 amide bonds. The van der Waals surface area contributed by atoms with E-state index >= 15 is 0 Å². The van der Waals surface area contributed by atoms with E-state index in [1.807, 2.05) is 71.6 Å². The van der Waals surface area contributed by atoms with Crippen LogP contribution in [0.1, 0.15) is 35.2 Å². The summed E-state index contributed by atoms with van der Waals surface area (Å²) in [5.41, 5.74) is 4.28. The van der Waals surface area contributed by atoms with Crippen LogP contribution in [0.2, 0.25) is 0 Å². The summed E-state index contributed by atoms with van der Waals surface area (Å²) in [6.07, 6.45) is 3.21. The summed E-state index contributed by atoms with van der Waals surface area (Å²) in [4.78, 5) is 32.9. The van der Waals surface area contributed by atoms with Gasteiger partial charge in [0.05, 0.1) is 18.4 Å². The van der Waals surface area contributed by atoms with E-state index < -0.39 is 0 Å². The van der Waals surface area contributed by atoms with Gasteiger partial charge in [-0.3, -0.25) is 4.79 Å². The van der Waals surface area contributed by atoms with Crippen LogP contribution in [-0.4, -0.2) is 63.2 Å². The molecule has 5 rings (SSSR count). The van der Waals surface area contributed by atoms with E-state index in [0.29, 0.717) is 17.8 Å². The van der Waals surface area contributed by atoms with Crippen molar-refractivity contribution >= 4 is 29.0 Å². The highest BCUT2D eigenvalue weighted by Crippen LogP contribution is 2.31. The van der Waals surface area contributed by atoms with Gasteiger partial charge in [0.2, 0.25) is 0 Å². The summed E-state index contributed by atoms with van der Waals surface area (Å²) in [7, 11) is 1.70. The number of carbonyl (C=O) groups excluding carboxylic acids is 2. The predicted molar refractivity (Wildman–Crippen MR) is 156 cm³/mol. The number of nitrogens with one attached hydrogen (secondary N) is 2. The van der Waals surface area contributed by atoms with Crippen LogP contribution in [0.4, 0.5) is 21.9 Å². The van der Waals surface area contributed by atoms with E-state index in [0.717, 1.165) is 81.2 Å². The molecule has 2 fully saturated rings. The Balaban J connectivity index is 1.32. The van der Waals surface area contributed by atoms with Crippen molar-refractivity contribution in [3.05, 3.63) is 83.9 Å². The van der Waals surface area contributed by atoms with Gasteiger partial charge in [-0.25, -0.2) is 4.79 Å². The standard InChI is InChI=1S/C31H37N5O3/c1-39-29-13-7-6-12-28(29)35-20-18-34(19-21-35)27-15-14-25(22-26(27)30(37)36-16-8-3-9-17-36)33-31(38)32-23-24-10-4-2-5-11-24/h2,4-7,10-15,22H,3,8-9,16-21,23H2,1H3,(H2,32,33,38). The number of methoxy groups -OCH3 is 1. The summed E-state index contributed by atoms with van der Waals surface area (Å²) in [5, 5.41) is 5.82. The Bertz CT molecular complexity index is 1270. The molecule has 0 aliphatic carbocycles. The minimum atomic E-state index is -0.298. The molecule has 3 aromatic carbocycles. The molecule has 2 aliphatic rings. The van der Waals surface area contributed by atoms with Gasteiger partial charge < -0.3 is 30.1 Å². The SMILES string of the molecule is COc1ccccc1N1CCN(c2ccc(NC(=O)NCc3ccccc3)cc2C(=O)N2CCCCC2)CC1. The number of rotatable bonds is 7. The molecule has 0 radical (unpaired) electrons. The maximum atomic E-state index is 13.7. The molecular weight excluding hydrogens is 490 g/mol. The number of hydrogen-bond acceptors (Lipinski definition) is 5. The number of likely N-dealkylation sites (tertiary alicyclic amines) is 1. The zero-order valence-electron chi connectivity index (χ0n) is 22.6. The van der Waals surface area contributed by atoms with Gasteiger partial charge in [0, 0.05) is 57.2 Å². The van der Waals surface area contributed by atoms with Gasteiger partial charge in [0.25, 0.3) is 5.91 Å². The first kappa shape index (κ1) is 26.4. The third kappa shape index (κ3) is 6.45. The maximum Gasteiger partial charge on any atom is 0.319 e. The predicted octanol–water partition coefficient (Wildman–Crippen LogP) is 4.97. The number of ether oxygens (including phenoxy) is 1. The number of piperidine rings is 1. The van der Waals surface area contributed by atoms with Crippen molar-refractivity contribution in [2.75, 3.05) is 61.5 Å². The van der Waals surface area contributed by atoms with Crippen molar-refractivity contribution in [3.63, 3.8) is 0 Å². The third-order valence-corrected chi connectivity index (χ3v) is 7.47.